The Morgan fingerprint density at radius 3 is 3.08 bits per heavy atom. The van der Waals surface area contributed by atoms with E-state index in [0.717, 1.165) is 5.52 Å². The Morgan fingerprint density at radius 2 is 2.33 bits per heavy atom. The summed E-state index contributed by atoms with van der Waals surface area (Å²) in [5.74, 6) is 0. The van der Waals surface area contributed by atoms with E-state index >= 15 is 0 Å². The van der Waals surface area contributed by atoms with Crippen molar-refractivity contribution in [2.24, 2.45) is 0 Å². The lowest BCUT2D eigenvalue weighted by atomic mass is 10.1. The molecule has 1 aromatic heterocycles. The number of fused-ring (bicyclic) bond motifs is 1. The van der Waals surface area contributed by atoms with Crippen LogP contribution in [0.5, 0.6) is 0 Å². The van der Waals surface area contributed by atoms with E-state index < -0.39 is 0 Å². The third kappa shape index (κ3) is 1.34. The van der Waals surface area contributed by atoms with Crippen molar-refractivity contribution >= 4 is 34.2 Å². The summed E-state index contributed by atoms with van der Waals surface area (Å²) < 4.78 is 1.24. The molecule has 0 saturated heterocycles. The van der Waals surface area contributed by atoms with Crippen LogP contribution in [0.4, 0.5) is 0 Å². The number of hydrogen-bond acceptors (Lipinski definition) is 3. The third-order valence-electron chi connectivity index (χ3n) is 1.84. The molecule has 3 heteroatoms. The molecule has 0 amide bonds. The fourth-order valence-corrected chi connectivity index (χ4v) is 2.02. The molecule has 1 unspecified atom stereocenters. The highest BCUT2D eigenvalue weighted by molar-refractivity contribution is 7.80. The van der Waals surface area contributed by atoms with Crippen LogP contribution in [0.2, 0.25) is 0 Å². The molecule has 0 radical (unpaired) electrons. The van der Waals surface area contributed by atoms with Crippen LogP contribution >= 0.6 is 24.0 Å². The summed E-state index contributed by atoms with van der Waals surface area (Å²) in [6, 6.07) is 6.29. The topological polar surface area (TPSA) is 12.9 Å². The van der Waals surface area contributed by atoms with E-state index in [2.05, 4.69) is 36.7 Å². The van der Waals surface area contributed by atoms with Crippen LogP contribution < -0.4 is 0 Å². The fourth-order valence-electron chi connectivity index (χ4n) is 1.13. The first kappa shape index (κ1) is 8.08. The van der Waals surface area contributed by atoms with Crippen LogP contribution in [-0.4, -0.2) is 4.98 Å². The van der Waals surface area contributed by atoms with E-state index in [4.69, 9.17) is 0 Å². The molecule has 2 rings (SSSR count). The molecule has 0 bridgehead atoms. The Labute approximate surface area is 80.9 Å². The molecule has 1 heterocycles. The van der Waals surface area contributed by atoms with Gasteiger partial charge in [0.15, 0.2) is 0 Å². The molecule has 1 nitrogen and oxygen atoms in total. The maximum Gasteiger partial charge on any atom is 0.0812 e. The van der Waals surface area contributed by atoms with Gasteiger partial charge in [-0.3, -0.25) is 0 Å². The minimum Gasteiger partial charge on any atom is -0.245 e. The van der Waals surface area contributed by atoms with Crippen LogP contribution in [0.25, 0.3) is 10.2 Å². The molecule has 12 heavy (non-hydrogen) atoms. The third-order valence-corrected chi connectivity index (χ3v) is 2.93. The first-order chi connectivity index (χ1) is 5.77. The Hall–Kier alpha value is -0.540. The highest BCUT2D eigenvalue weighted by Gasteiger charge is 2.01. The van der Waals surface area contributed by atoms with E-state index in [9.17, 15) is 0 Å². The zero-order chi connectivity index (χ0) is 8.55. The number of rotatable bonds is 1. The smallest absolute Gasteiger partial charge is 0.0812 e. The van der Waals surface area contributed by atoms with Crippen molar-refractivity contribution in [1.29, 1.82) is 0 Å². The molecule has 0 aliphatic carbocycles. The van der Waals surface area contributed by atoms with Gasteiger partial charge in [0.2, 0.25) is 0 Å². The van der Waals surface area contributed by atoms with Crippen molar-refractivity contribution in [3.63, 3.8) is 0 Å². The second-order valence-electron chi connectivity index (χ2n) is 2.76. The van der Waals surface area contributed by atoms with Crippen LogP contribution in [0.3, 0.4) is 0 Å². The van der Waals surface area contributed by atoms with Crippen molar-refractivity contribution in [2.75, 3.05) is 0 Å². The zero-order valence-corrected chi connectivity index (χ0v) is 8.40. The van der Waals surface area contributed by atoms with Gasteiger partial charge in [0.25, 0.3) is 0 Å². The summed E-state index contributed by atoms with van der Waals surface area (Å²) in [4.78, 5) is 4.21. The molecule has 2 aromatic rings. The van der Waals surface area contributed by atoms with Crippen LogP contribution in [0.15, 0.2) is 23.7 Å². The lowest BCUT2D eigenvalue weighted by Gasteiger charge is -2.02. The molecular weight excluding hydrogens is 186 g/mol. The molecular formula is C9H9NS2. The summed E-state index contributed by atoms with van der Waals surface area (Å²) in [5, 5.41) is 0.302. The molecule has 62 valence electrons. The van der Waals surface area contributed by atoms with Gasteiger partial charge in [-0.25, -0.2) is 4.98 Å². The highest BCUT2D eigenvalue weighted by atomic mass is 32.1. The SMILES string of the molecule is CC(S)c1ccc2ncsc2c1. The van der Waals surface area contributed by atoms with E-state index in [1.54, 1.807) is 11.3 Å². The van der Waals surface area contributed by atoms with Crippen molar-refractivity contribution in [3.05, 3.63) is 29.3 Å². The van der Waals surface area contributed by atoms with E-state index in [0.29, 0.717) is 5.25 Å². The standard InChI is InChI=1S/C9H9NS2/c1-6(11)7-2-3-8-9(4-7)12-5-10-8/h2-6,11H,1H3. The van der Waals surface area contributed by atoms with Crippen LogP contribution in [0.1, 0.15) is 17.7 Å². The average molecular weight is 195 g/mol. The minimum atomic E-state index is 0.302. The van der Waals surface area contributed by atoms with E-state index in [1.807, 2.05) is 11.6 Å². The first-order valence-corrected chi connectivity index (χ1v) is 5.18. The van der Waals surface area contributed by atoms with Gasteiger partial charge in [-0.15, -0.1) is 11.3 Å². The Morgan fingerprint density at radius 1 is 1.50 bits per heavy atom. The molecule has 0 N–H and O–H groups in total. The van der Waals surface area contributed by atoms with Crippen molar-refractivity contribution < 1.29 is 0 Å². The first-order valence-electron chi connectivity index (χ1n) is 3.78. The number of hydrogen-bond donors (Lipinski definition) is 1. The summed E-state index contributed by atoms with van der Waals surface area (Å²) in [6.45, 7) is 2.07. The lowest BCUT2D eigenvalue weighted by Crippen LogP contribution is -1.82. The van der Waals surface area contributed by atoms with Gasteiger partial charge in [-0.05, 0) is 24.6 Å². The number of aromatic nitrogens is 1. The maximum atomic E-state index is 4.38. The number of benzene rings is 1. The van der Waals surface area contributed by atoms with Crippen molar-refractivity contribution in [1.82, 2.24) is 4.98 Å². The van der Waals surface area contributed by atoms with Gasteiger partial charge >= 0.3 is 0 Å². The normalized spacial score (nSPS) is 13.5. The number of thiol groups is 1. The maximum absolute atomic E-state index is 4.38. The van der Waals surface area contributed by atoms with Gasteiger partial charge in [0, 0.05) is 5.25 Å². The molecule has 1 atom stereocenters. The Balaban J connectivity index is 2.60. The van der Waals surface area contributed by atoms with Crippen molar-refractivity contribution in [2.45, 2.75) is 12.2 Å². The molecule has 1 aromatic carbocycles. The molecule has 0 fully saturated rings. The second-order valence-corrected chi connectivity index (χ2v) is 4.42. The highest BCUT2D eigenvalue weighted by Crippen LogP contribution is 2.25. The van der Waals surface area contributed by atoms with Gasteiger partial charge in [-0.1, -0.05) is 6.07 Å². The second kappa shape index (κ2) is 3.07. The summed E-state index contributed by atoms with van der Waals surface area (Å²) in [6.07, 6.45) is 0. The largest absolute Gasteiger partial charge is 0.245 e. The summed E-state index contributed by atoms with van der Waals surface area (Å²) in [5.41, 5.74) is 4.21. The Bertz CT molecular complexity index is 392. The predicted octanol–water partition coefficient (Wildman–Crippen LogP) is 3.29. The average Bonchev–Trinajstić information content (AvgIpc) is 2.49. The Kier molecular flexibility index (Phi) is 2.07. The van der Waals surface area contributed by atoms with Gasteiger partial charge < -0.3 is 0 Å². The summed E-state index contributed by atoms with van der Waals surface area (Å²) in [7, 11) is 0. The molecule has 0 aliphatic heterocycles. The quantitative estimate of drug-likeness (QED) is 0.689. The van der Waals surface area contributed by atoms with Crippen LogP contribution in [-0.2, 0) is 0 Å². The lowest BCUT2D eigenvalue weighted by molar-refractivity contribution is 1.12. The van der Waals surface area contributed by atoms with E-state index in [-0.39, 0.29) is 0 Å². The molecule has 0 spiro atoms. The van der Waals surface area contributed by atoms with Crippen molar-refractivity contribution in [3.8, 4) is 0 Å². The van der Waals surface area contributed by atoms with E-state index in [1.165, 1.54) is 10.3 Å². The minimum absolute atomic E-state index is 0.302. The number of thiazole rings is 1. The van der Waals surface area contributed by atoms with Gasteiger partial charge in [0.05, 0.1) is 15.7 Å². The number of nitrogens with zero attached hydrogens (tertiary/aromatic N) is 1. The van der Waals surface area contributed by atoms with Crippen LogP contribution in [0, 0.1) is 0 Å². The molecule has 0 aliphatic rings. The monoisotopic (exact) mass is 195 g/mol. The van der Waals surface area contributed by atoms with Gasteiger partial charge in [-0.2, -0.15) is 12.6 Å². The predicted molar refractivity (Wildman–Crippen MR) is 57.0 cm³/mol. The molecule has 0 saturated carbocycles. The van der Waals surface area contributed by atoms with Gasteiger partial charge in [0.1, 0.15) is 0 Å². The zero-order valence-electron chi connectivity index (χ0n) is 6.69. The summed E-state index contributed by atoms with van der Waals surface area (Å²) >= 11 is 6.05. The fraction of sp³-hybridized carbons (Fsp3) is 0.222.